The summed E-state index contributed by atoms with van der Waals surface area (Å²) in [5, 5.41) is 5.39. The minimum atomic E-state index is -3.87. The Morgan fingerprint density at radius 1 is 0.971 bits per heavy atom. The van der Waals surface area contributed by atoms with Crippen LogP contribution in [0.4, 0.5) is 11.4 Å². The van der Waals surface area contributed by atoms with Gasteiger partial charge < -0.3 is 14.8 Å². The molecule has 0 radical (unpaired) electrons. The summed E-state index contributed by atoms with van der Waals surface area (Å²) in [6.45, 7) is 1.87. The Hall–Kier alpha value is -3.15. The molecular weight excluding hydrogens is 542 g/mol. The van der Waals surface area contributed by atoms with E-state index in [2.05, 4.69) is 31.3 Å². The number of carbonyl (C=O) groups is 1. The largest absolute Gasteiger partial charge is 0.497 e. The van der Waals surface area contributed by atoms with Crippen LogP contribution >= 0.6 is 28.1 Å². The second kappa shape index (κ2) is 10.9. The fourth-order valence-electron chi connectivity index (χ4n) is 2.94. The van der Waals surface area contributed by atoms with E-state index in [0.717, 1.165) is 5.56 Å². The molecule has 0 unspecified atom stereocenters. The normalized spacial score (nSPS) is 10.8. The van der Waals surface area contributed by atoms with Crippen LogP contribution < -0.4 is 24.8 Å². The van der Waals surface area contributed by atoms with Crippen molar-refractivity contribution in [1.82, 2.24) is 5.32 Å². The Balaban J connectivity index is 1.73. The number of anilines is 2. The fraction of sp³-hybridized carbons (Fsp3) is 0.130. The van der Waals surface area contributed by atoms with Gasteiger partial charge in [-0.15, -0.1) is 0 Å². The molecule has 3 aromatic carbocycles. The smallest absolute Gasteiger partial charge is 0.262 e. The van der Waals surface area contributed by atoms with E-state index < -0.39 is 15.9 Å². The van der Waals surface area contributed by atoms with E-state index in [9.17, 15) is 13.2 Å². The standard InChI is InChI=1S/C23H22BrN3O5S2/c1-14-7-8-20(24)21(9-14)27-34(29,30)19-6-4-5-16(12-19)25-23(33)26-22(28)15-10-17(31-2)13-18(11-15)32-3/h4-13,27H,1-3H3,(H2,25,26,28,33). The highest BCUT2D eigenvalue weighted by atomic mass is 79.9. The lowest BCUT2D eigenvalue weighted by molar-refractivity contribution is 0.0977. The number of amides is 1. The molecule has 0 aromatic heterocycles. The van der Waals surface area contributed by atoms with Crippen molar-refractivity contribution in [2.24, 2.45) is 0 Å². The average Bonchev–Trinajstić information content (AvgIpc) is 2.81. The third-order valence-electron chi connectivity index (χ3n) is 4.61. The number of thiocarbonyl (C=S) groups is 1. The summed E-state index contributed by atoms with van der Waals surface area (Å²) < 4.78 is 39.3. The Labute approximate surface area is 211 Å². The first-order valence-electron chi connectivity index (χ1n) is 9.86. The summed E-state index contributed by atoms with van der Waals surface area (Å²) in [6, 6.07) is 16.2. The minimum absolute atomic E-state index is 0.00396. The lowest BCUT2D eigenvalue weighted by atomic mass is 10.2. The van der Waals surface area contributed by atoms with Crippen LogP contribution in [0.2, 0.25) is 0 Å². The van der Waals surface area contributed by atoms with Gasteiger partial charge in [0.15, 0.2) is 5.11 Å². The van der Waals surface area contributed by atoms with Gasteiger partial charge in [0.25, 0.3) is 15.9 Å². The first-order chi connectivity index (χ1) is 16.1. The molecule has 3 rings (SSSR count). The van der Waals surface area contributed by atoms with Gasteiger partial charge in [0.1, 0.15) is 11.5 Å². The number of benzene rings is 3. The van der Waals surface area contributed by atoms with Crippen LogP contribution in [0.1, 0.15) is 15.9 Å². The molecule has 178 valence electrons. The zero-order valence-electron chi connectivity index (χ0n) is 18.5. The summed E-state index contributed by atoms with van der Waals surface area (Å²) in [5.74, 6) is 0.424. The Bertz CT molecular complexity index is 1320. The molecule has 0 heterocycles. The Kier molecular flexibility index (Phi) is 8.13. The number of nitrogens with one attached hydrogen (secondary N) is 3. The van der Waals surface area contributed by atoms with Crippen LogP contribution in [0.25, 0.3) is 0 Å². The van der Waals surface area contributed by atoms with Crippen molar-refractivity contribution in [2.45, 2.75) is 11.8 Å². The minimum Gasteiger partial charge on any atom is -0.497 e. The molecule has 0 aliphatic heterocycles. The topological polar surface area (TPSA) is 106 Å². The van der Waals surface area contributed by atoms with Crippen molar-refractivity contribution in [3.63, 3.8) is 0 Å². The van der Waals surface area contributed by atoms with Crippen molar-refractivity contribution in [3.05, 3.63) is 76.3 Å². The van der Waals surface area contributed by atoms with Crippen LogP contribution in [-0.2, 0) is 10.0 Å². The van der Waals surface area contributed by atoms with Crippen molar-refractivity contribution in [1.29, 1.82) is 0 Å². The number of rotatable bonds is 7. The Morgan fingerprint density at radius 3 is 2.29 bits per heavy atom. The number of carbonyl (C=O) groups excluding carboxylic acids is 1. The van der Waals surface area contributed by atoms with Gasteiger partial charge in [-0.3, -0.25) is 14.8 Å². The summed E-state index contributed by atoms with van der Waals surface area (Å²) in [4.78, 5) is 12.6. The maximum Gasteiger partial charge on any atom is 0.262 e. The molecule has 3 N–H and O–H groups in total. The quantitative estimate of drug-likeness (QED) is 0.357. The lowest BCUT2D eigenvalue weighted by Crippen LogP contribution is -2.34. The second-order valence-electron chi connectivity index (χ2n) is 7.13. The third kappa shape index (κ3) is 6.46. The van der Waals surface area contributed by atoms with Crippen LogP contribution in [0.15, 0.2) is 70.0 Å². The molecule has 8 nitrogen and oxygen atoms in total. The van der Waals surface area contributed by atoms with E-state index >= 15 is 0 Å². The number of sulfonamides is 1. The number of aryl methyl sites for hydroxylation is 1. The van der Waals surface area contributed by atoms with Crippen molar-refractivity contribution >= 4 is 60.6 Å². The van der Waals surface area contributed by atoms with Gasteiger partial charge in [-0.2, -0.15) is 0 Å². The predicted octanol–water partition coefficient (Wildman–Crippen LogP) is 4.70. The number of halogens is 1. The predicted molar refractivity (Wildman–Crippen MR) is 139 cm³/mol. The fourth-order valence-corrected chi connectivity index (χ4v) is 4.74. The number of ether oxygens (including phenoxy) is 2. The van der Waals surface area contributed by atoms with Gasteiger partial charge in [0, 0.05) is 21.8 Å². The van der Waals surface area contributed by atoms with Crippen LogP contribution in [0, 0.1) is 6.92 Å². The van der Waals surface area contributed by atoms with Crippen molar-refractivity contribution in [3.8, 4) is 11.5 Å². The van der Waals surface area contributed by atoms with Gasteiger partial charge in [-0.05, 0) is 83.1 Å². The number of methoxy groups -OCH3 is 2. The van der Waals surface area contributed by atoms with E-state index in [4.69, 9.17) is 21.7 Å². The summed E-state index contributed by atoms with van der Waals surface area (Å²) in [7, 11) is -0.906. The molecule has 0 aliphatic rings. The lowest BCUT2D eigenvalue weighted by Gasteiger charge is -2.13. The molecule has 0 fully saturated rings. The first-order valence-corrected chi connectivity index (χ1v) is 12.5. The highest BCUT2D eigenvalue weighted by Crippen LogP contribution is 2.27. The summed E-state index contributed by atoms with van der Waals surface area (Å²) >= 11 is 8.58. The van der Waals surface area contributed by atoms with Gasteiger partial charge >= 0.3 is 0 Å². The van der Waals surface area contributed by atoms with E-state index in [1.165, 1.54) is 26.4 Å². The SMILES string of the molecule is COc1cc(OC)cc(C(=O)NC(=S)Nc2cccc(S(=O)(=O)Nc3cc(C)ccc3Br)c2)c1. The third-order valence-corrected chi connectivity index (χ3v) is 6.87. The molecule has 0 saturated carbocycles. The maximum atomic E-state index is 12.9. The van der Waals surface area contributed by atoms with Crippen molar-refractivity contribution in [2.75, 3.05) is 24.3 Å². The number of hydrogen-bond donors (Lipinski definition) is 3. The molecule has 0 saturated heterocycles. The first kappa shape index (κ1) is 25.5. The van der Waals surface area contributed by atoms with E-state index in [-0.39, 0.29) is 15.6 Å². The molecule has 0 aliphatic carbocycles. The molecule has 1 amide bonds. The maximum absolute atomic E-state index is 12.9. The van der Waals surface area contributed by atoms with E-state index in [1.807, 2.05) is 13.0 Å². The molecule has 0 atom stereocenters. The molecule has 34 heavy (non-hydrogen) atoms. The summed E-state index contributed by atoms with van der Waals surface area (Å²) in [5.41, 5.74) is 2.00. The van der Waals surface area contributed by atoms with Gasteiger partial charge in [0.05, 0.1) is 24.8 Å². The molecule has 11 heteroatoms. The van der Waals surface area contributed by atoms with Crippen LogP contribution in [-0.4, -0.2) is 33.7 Å². The Morgan fingerprint density at radius 2 is 1.65 bits per heavy atom. The zero-order chi connectivity index (χ0) is 24.9. The van der Waals surface area contributed by atoms with Gasteiger partial charge in [0.2, 0.25) is 0 Å². The average molecular weight is 564 g/mol. The zero-order valence-corrected chi connectivity index (χ0v) is 21.7. The second-order valence-corrected chi connectivity index (χ2v) is 10.1. The molecule has 0 spiro atoms. The highest BCUT2D eigenvalue weighted by Gasteiger charge is 2.17. The van der Waals surface area contributed by atoms with E-state index in [0.29, 0.717) is 27.3 Å². The number of hydrogen-bond acceptors (Lipinski definition) is 6. The van der Waals surface area contributed by atoms with Crippen molar-refractivity contribution < 1.29 is 22.7 Å². The monoisotopic (exact) mass is 563 g/mol. The molecule has 0 bridgehead atoms. The van der Waals surface area contributed by atoms with Crippen LogP contribution in [0.5, 0.6) is 11.5 Å². The molecule has 3 aromatic rings. The van der Waals surface area contributed by atoms with Crippen LogP contribution in [0.3, 0.4) is 0 Å². The van der Waals surface area contributed by atoms with Gasteiger partial charge in [-0.25, -0.2) is 8.42 Å². The molecular formula is C23H22BrN3O5S2. The highest BCUT2D eigenvalue weighted by molar-refractivity contribution is 9.10. The van der Waals surface area contributed by atoms with E-state index in [1.54, 1.807) is 42.5 Å². The van der Waals surface area contributed by atoms with Gasteiger partial charge in [-0.1, -0.05) is 12.1 Å². The summed E-state index contributed by atoms with van der Waals surface area (Å²) in [6.07, 6.45) is 0.